The molecule has 1 heterocycles. The van der Waals surface area contributed by atoms with Crippen LogP contribution >= 0.6 is 12.2 Å². The highest BCUT2D eigenvalue weighted by atomic mass is 32.1. The van der Waals surface area contributed by atoms with Crippen molar-refractivity contribution in [2.24, 2.45) is 5.73 Å². The summed E-state index contributed by atoms with van der Waals surface area (Å²) in [6.45, 7) is 5.62. The number of carbonyl (C=O) groups is 1. The van der Waals surface area contributed by atoms with E-state index in [1.807, 2.05) is 36.9 Å². The number of hydrogen-bond acceptors (Lipinski definition) is 3. The van der Waals surface area contributed by atoms with Gasteiger partial charge in [0.05, 0.1) is 0 Å². The number of nitrogens with two attached hydrogens (primary N) is 1. The normalized spacial score (nSPS) is 16.4. The molecule has 1 atom stereocenters. The molecular formula is C16H23N3OS. The van der Waals surface area contributed by atoms with Crippen molar-refractivity contribution in [1.29, 1.82) is 0 Å². The highest BCUT2D eigenvalue weighted by Gasteiger charge is 2.22. The highest BCUT2D eigenvalue weighted by Crippen LogP contribution is 2.19. The first-order valence-electron chi connectivity index (χ1n) is 7.45. The van der Waals surface area contributed by atoms with E-state index in [-0.39, 0.29) is 11.9 Å². The number of nitrogens with one attached hydrogen (secondary N) is 1. The van der Waals surface area contributed by atoms with Crippen molar-refractivity contribution in [1.82, 2.24) is 4.90 Å². The van der Waals surface area contributed by atoms with Gasteiger partial charge in [-0.2, -0.15) is 0 Å². The van der Waals surface area contributed by atoms with Gasteiger partial charge in [-0.25, -0.2) is 0 Å². The molecule has 3 N–H and O–H groups in total. The molecule has 0 saturated carbocycles. The van der Waals surface area contributed by atoms with Crippen molar-refractivity contribution in [2.45, 2.75) is 39.2 Å². The number of aryl methyl sites for hydroxylation is 1. The van der Waals surface area contributed by atoms with Crippen molar-refractivity contribution < 1.29 is 4.79 Å². The predicted molar refractivity (Wildman–Crippen MR) is 90.6 cm³/mol. The molecule has 1 aromatic carbocycles. The van der Waals surface area contributed by atoms with Gasteiger partial charge in [0.15, 0.2) is 0 Å². The fraction of sp³-hybridized carbons (Fsp3) is 0.500. The molecule has 0 aliphatic carbocycles. The molecule has 1 saturated heterocycles. The van der Waals surface area contributed by atoms with Gasteiger partial charge in [-0.3, -0.25) is 4.79 Å². The minimum Gasteiger partial charge on any atom is -0.389 e. The van der Waals surface area contributed by atoms with Crippen LogP contribution in [0.2, 0.25) is 0 Å². The van der Waals surface area contributed by atoms with Crippen LogP contribution in [0.3, 0.4) is 0 Å². The lowest BCUT2D eigenvalue weighted by Crippen LogP contribution is -2.44. The monoisotopic (exact) mass is 305 g/mol. The molecule has 21 heavy (non-hydrogen) atoms. The van der Waals surface area contributed by atoms with E-state index in [4.69, 9.17) is 18.0 Å². The third kappa shape index (κ3) is 3.94. The summed E-state index contributed by atoms with van der Waals surface area (Å²) in [5.41, 5.74) is 8.48. The van der Waals surface area contributed by atoms with Crippen molar-refractivity contribution >= 4 is 28.8 Å². The molecule has 4 nitrogen and oxygen atoms in total. The van der Waals surface area contributed by atoms with Gasteiger partial charge in [0.2, 0.25) is 5.91 Å². The van der Waals surface area contributed by atoms with Crippen LogP contribution in [0.15, 0.2) is 18.2 Å². The summed E-state index contributed by atoms with van der Waals surface area (Å²) in [6, 6.07) is 5.57. The Morgan fingerprint density at radius 3 is 2.62 bits per heavy atom. The lowest BCUT2D eigenvalue weighted by Gasteiger charge is -2.30. The average Bonchev–Trinajstić information content (AvgIpc) is 2.47. The van der Waals surface area contributed by atoms with Gasteiger partial charge in [0.1, 0.15) is 11.0 Å². The van der Waals surface area contributed by atoms with Gasteiger partial charge in [0.25, 0.3) is 0 Å². The molecule has 1 aliphatic heterocycles. The molecule has 1 amide bonds. The summed E-state index contributed by atoms with van der Waals surface area (Å²) < 4.78 is 0. The summed E-state index contributed by atoms with van der Waals surface area (Å²) in [4.78, 5) is 14.8. The minimum absolute atomic E-state index is 0.144. The molecular weight excluding hydrogens is 282 g/mol. The Hall–Kier alpha value is -1.62. The number of thiocarbonyl (C=S) groups is 1. The average molecular weight is 305 g/mol. The van der Waals surface area contributed by atoms with Crippen LogP contribution in [-0.4, -0.2) is 34.9 Å². The number of carbonyl (C=O) groups excluding carboxylic acids is 1. The van der Waals surface area contributed by atoms with Crippen LogP contribution in [0.1, 0.15) is 37.3 Å². The second-order valence-corrected chi connectivity index (χ2v) is 6.11. The van der Waals surface area contributed by atoms with E-state index in [9.17, 15) is 4.79 Å². The molecule has 1 unspecified atom stereocenters. The summed E-state index contributed by atoms with van der Waals surface area (Å²) in [6.07, 6.45) is 3.41. The Bertz CT molecular complexity index is 538. The Balaban J connectivity index is 2.11. The smallest absolute Gasteiger partial charge is 0.244 e. The van der Waals surface area contributed by atoms with E-state index in [0.29, 0.717) is 4.99 Å². The largest absolute Gasteiger partial charge is 0.389 e. The molecule has 2 rings (SSSR count). The Morgan fingerprint density at radius 1 is 1.33 bits per heavy atom. The zero-order valence-electron chi connectivity index (χ0n) is 12.7. The molecule has 1 aliphatic rings. The van der Waals surface area contributed by atoms with Gasteiger partial charge in [0, 0.05) is 24.3 Å². The zero-order valence-corrected chi connectivity index (χ0v) is 13.5. The van der Waals surface area contributed by atoms with Crippen LogP contribution in [0.5, 0.6) is 0 Å². The molecule has 0 bridgehead atoms. The Kier molecular flexibility index (Phi) is 5.17. The van der Waals surface area contributed by atoms with E-state index in [0.717, 1.165) is 42.7 Å². The minimum atomic E-state index is -0.280. The van der Waals surface area contributed by atoms with Gasteiger partial charge < -0.3 is 16.0 Å². The first-order chi connectivity index (χ1) is 9.99. The SMILES string of the molecule is Cc1ccc(C(N)=S)c(NC(C)C(=O)N2CCCCC2)c1. The van der Waals surface area contributed by atoms with Crippen LogP contribution in [0.4, 0.5) is 5.69 Å². The first-order valence-corrected chi connectivity index (χ1v) is 7.85. The van der Waals surface area contributed by atoms with Crippen molar-refractivity contribution in [2.75, 3.05) is 18.4 Å². The van der Waals surface area contributed by atoms with Crippen molar-refractivity contribution in [3.63, 3.8) is 0 Å². The number of nitrogens with zero attached hydrogens (tertiary/aromatic N) is 1. The third-order valence-corrected chi connectivity index (χ3v) is 4.07. The number of benzene rings is 1. The molecule has 0 aromatic heterocycles. The number of anilines is 1. The second-order valence-electron chi connectivity index (χ2n) is 5.67. The maximum Gasteiger partial charge on any atom is 0.244 e. The summed E-state index contributed by atoms with van der Waals surface area (Å²) in [5.74, 6) is 0.144. The van der Waals surface area contributed by atoms with Crippen molar-refractivity contribution in [3.8, 4) is 0 Å². The molecule has 0 radical (unpaired) electrons. The number of likely N-dealkylation sites (tertiary alicyclic amines) is 1. The molecule has 114 valence electrons. The number of amides is 1. The highest BCUT2D eigenvalue weighted by molar-refractivity contribution is 7.80. The topological polar surface area (TPSA) is 58.4 Å². The van der Waals surface area contributed by atoms with Gasteiger partial charge >= 0.3 is 0 Å². The fourth-order valence-corrected chi connectivity index (χ4v) is 2.85. The van der Waals surface area contributed by atoms with E-state index < -0.39 is 0 Å². The number of piperidine rings is 1. The molecule has 5 heteroatoms. The maximum absolute atomic E-state index is 12.5. The lowest BCUT2D eigenvalue weighted by atomic mass is 10.1. The van der Waals surface area contributed by atoms with E-state index in [1.165, 1.54) is 6.42 Å². The second kappa shape index (κ2) is 6.89. The predicted octanol–water partition coefficient (Wildman–Crippen LogP) is 2.44. The van der Waals surface area contributed by atoms with Crippen LogP contribution < -0.4 is 11.1 Å². The number of hydrogen-bond donors (Lipinski definition) is 2. The fourth-order valence-electron chi connectivity index (χ4n) is 2.68. The Labute approximate surface area is 131 Å². The van der Waals surface area contributed by atoms with Crippen LogP contribution in [0.25, 0.3) is 0 Å². The molecule has 0 spiro atoms. The van der Waals surface area contributed by atoms with E-state index >= 15 is 0 Å². The summed E-state index contributed by atoms with van der Waals surface area (Å²) in [5, 5.41) is 3.27. The van der Waals surface area contributed by atoms with E-state index in [1.54, 1.807) is 0 Å². The Morgan fingerprint density at radius 2 is 2.00 bits per heavy atom. The van der Waals surface area contributed by atoms with Gasteiger partial charge in [-0.15, -0.1) is 0 Å². The zero-order chi connectivity index (χ0) is 15.4. The molecule has 1 fully saturated rings. The number of rotatable bonds is 4. The first kappa shape index (κ1) is 15.8. The quantitative estimate of drug-likeness (QED) is 0.839. The third-order valence-electron chi connectivity index (χ3n) is 3.85. The van der Waals surface area contributed by atoms with Crippen molar-refractivity contribution in [3.05, 3.63) is 29.3 Å². The summed E-state index contributed by atoms with van der Waals surface area (Å²) in [7, 11) is 0. The van der Waals surface area contributed by atoms with Gasteiger partial charge in [-0.1, -0.05) is 18.3 Å². The van der Waals surface area contributed by atoms with Crippen LogP contribution in [0, 0.1) is 6.92 Å². The summed E-state index contributed by atoms with van der Waals surface area (Å²) >= 11 is 5.08. The van der Waals surface area contributed by atoms with Crippen LogP contribution in [-0.2, 0) is 4.79 Å². The maximum atomic E-state index is 12.5. The molecule has 1 aromatic rings. The lowest BCUT2D eigenvalue weighted by molar-refractivity contribution is -0.132. The van der Waals surface area contributed by atoms with Gasteiger partial charge in [-0.05, 0) is 50.8 Å². The standard InChI is InChI=1S/C16H23N3OS/c1-11-6-7-13(15(17)21)14(10-11)18-12(2)16(20)19-8-4-3-5-9-19/h6-7,10,12,18H,3-5,8-9H2,1-2H3,(H2,17,21). The van der Waals surface area contributed by atoms with E-state index in [2.05, 4.69) is 5.32 Å².